The summed E-state index contributed by atoms with van der Waals surface area (Å²) in [6.45, 7) is 3.00. The van der Waals surface area contributed by atoms with Gasteiger partial charge in [0, 0.05) is 28.5 Å². The molecule has 0 radical (unpaired) electrons. The molecular formula is C22H16F6O. The summed E-state index contributed by atoms with van der Waals surface area (Å²) >= 11 is 0. The summed E-state index contributed by atoms with van der Waals surface area (Å²) in [6, 6.07) is 11.4. The lowest BCUT2D eigenvalue weighted by atomic mass is 9.90. The van der Waals surface area contributed by atoms with E-state index in [1.165, 1.54) is 43.3 Å². The SMILES string of the molecule is CCc1oc2ccccc2c1C1=C(c2ccccc2C)C(F)(F)C(F)(F)C1(F)F. The molecule has 0 saturated heterocycles. The molecular weight excluding hydrogens is 394 g/mol. The molecule has 0 spiro atoms. The second kappa shape index (κ2) is 6.15. The number of fused-ring (bicyclic) bond motifs is 1. The van der Waals surface area contributed by atoms with Crippen molar-refractivity contribution in [1.29, 1.82) is 0 Å². The van der Waals surface area contributed by atoms with Gasteiger partial charge >= 0.3 is 17.8 Å². The van der Waals surface area contributed by atoms with Gasteiger partial charge in [-0.15, -0.1) is 0 Å². The first kappa shape index (κ1) is 19.6. The zero-order valence-corrected chi connectivity index (χ0v) is 15.5. The summed E-state index contributed by atoms with van der Waals surface area (Å²) < 4.78 is 94.4. The second-order valence-electron chi connectivity index (χ2n) is 7.04. The predicted molar refractivity (Wildman–Crippen MR) is 98.4 cm³/mol. The third-order valence-electron chi connectivity index (χ3n) is 5.32. The molecule has 0 bridgehead atoms. The van der Waals surface area contributed by atoms with Crippen LogP contribution in [0.3, 0.4) is 0 Å². The van der Waals surface area contributed by atoms with Crippen LogP contribution in [0.1, 0.15) is 29.4 Å². The van der Waals surface area contributed by atoms with Crippen LogP contribution in [0.25, 0.3) is 22.1 Å². The van der Waals surface area contributed by atoms with Gasteiger partial charge in [-0.05, 0) is 24.1 Å². The van der Waals surface area contributed by atoms with Crippen LogP contribution in [0, 0.1) is 6.92 Å². The fraction of sp³-hybridized carbons (Fsp3) is 0.273. The number of rotatable bonds is 3. The Morgan fingerprint density at radius 1 is 0.793 bits per heavy atom. The van der Waals surface area contributed by atoms with Crippen LogP contribution in [-0.2, 0) is 6.42 Å². The van der Waals surface area contributed by atoms with Crippen molar-refractivity contribution in [2.45, 2.75) is 38.0 Å². The van der Waals surface area contributed by atoms with E-state index in [9.17, 15) is 17.6 Å². The smallest absolute Gasteiger partial charge is 0.380 e. The molecule has 0 unspecified atom stereocenters. The number of benzene rings is 2. The van der Waals surface area contributed by atoms with E-state index in [-0.39, 0.29) is 39.8 Å². The normalized spacial score (nSPS) is 19.9. The quantitative estimate of drug-likeness (QED) is 0.419. The molecule has 0 atom stereocenters. The Labute approximate surface area is 162 Å². The highest BCUT2D eigenvalue weighted by atomic mass is 19.3. The lowest BCUT2D eigenvalue weighted by molar-refractivity contribution is -0.254. The molecule has 0 amide bonds. The molecule has 7 heteroatoms. The zero-order valence-electron chi connectivity index (χ0n) is 15.5. The van der Waals surface area contributed by atoms with Crippen molar-refractivity contribution in [1.82, 2.24) is 0 Å². The van der Waals surface area contributed by atoms with Crippen molar-refractivity contribution < 1.29 is 30.8 Å². The lowest BCUT2D eigenvalue weighted by Crippen LogP contribution is -2.49. The average Bonchev–Trinajstić information content (AvgIpc) is 3.08. The van der Waals surface area contributed by atoms with E-state index in [4.69, 9.17) is 4.42 Å². The number of hydrogen-bond acceptors (Lipinski definition) is 1. The summed E-state index contributed by atoms with van der Waals surface area (Å²) in [4.78, 5) is 0. The van der Waals surface area contributed by atoms with Gasteiger partial charge in [-0.3, -0.25) is 0 Å². The van der Waals surface area contributed by atoms with Crippen LogP contribution in [0.5, 0.6) is 0 Å². The van der Waals surface area contributed by atoms with E-state index >= 15 is 8.78 Å². The van der Waals surface area contributed by atoms with Crippen molar-refractivity contribution in [3.63, 3.8) is 0 Å². The van der Waals surface area contributed by atoms with Gasteiger partial charge in [0.05, 0.1) is 0 Å². The van der Waals surface area contributed by atoms with Gasteiger partial charge in [0.2, 0.25) is 0 Å². The minimum Gasteiger partial charge on any atom is -0.460 e. The topological polar surface area (TPSA) is 13.1 Å². The minimum atomic E-state index is -5.59. The molecule has 0 N–H and O–H groups in total. The maximum absolute atomic E-state index is 15.0. The summed E-state index contributed by atoms with van der Waals surface area (Å²) in [5.74, 6) is -15.8. The van der Waals surface area contributed by atoms with Gasteiger partial charge in [-0.2, -0.15) is 26.3 Å². The van der Waals surface area contributed by atoms with E-state index < -0.39 is 28.9 Å². The molecule has 4 rings (SSSR count). The van der Waals surface area contributed by atoms with Crippen LogP contribution >= 0.6 is 0 Å². The third kappa shape index (κ3) is 2.42. The molecule has 1 aromatic heterocycles. The Kier molecular flexibility index (Phi) is 4.16. The Balaban J connectivity index is 2.21. The fourth-order valence-corrected chi connectivity index (χ4v) is 3.88. The highest BCUT2D eigenvalue weighted by Gasteiger charge is 2.80. The van der Waals surface area contributed by atoms with E-state index in [2.05, 4.69) is 0 Å². The molecule has 0 aliphatic heterocycles. The highest BCUT2D eigenvalue weighted by Crippen LogP contribution is 2.65. The van der Waals surface area contributed by atoms with Crippen LogP contribution in [0.4, 0.5) is 26.3 Å². The summed E-state index contributed by atoms with van der Waals surface area (Å²) in [5, 5.41) is 0.0959. The lowest BCUT2D eigenvalue weighted by Gasteiger charge is -2.26. The number of allylic oxidation sites excluding steroid dienone is 2. The van der Waals surface area contributed by atoms with Gasteiger partial charge in [0.1, 0.15) is 11.3 Å². The Hall–Kier alpha value is -2.70. The van der Waals surface area contributed by atoms with E-state index in [1.54, 1.807) is 13.0 Å². The van der Waals surface area contributed by atoms with Crippen molar-refractivity contribution >= 4 is 22.1 Å². The van der Waals surface area contributed by atoms with E-state index in [1.807, 2.05) is 0 Å². The Morgan fingerprint density at radius 2 is 1.38 bits per heavy atom. The first-order valence-electron chi connectivity index (χ1n) is 9.01. The summed E-state index contributed by atoms with van der Waals surface area (Å²) in [5.41, 5.74) is -3.08. The van der Waals surface area contributed by atoms with Crippen LogP contribution in [0.15, 0.2) is 52.9 Å². The molecule has 1 nitrogen and oxygen atoms in total. The number of halogens is 6. The average molecular weight is 410 g/mol. The minimum absolute atomic E-state index is 0.0412. The van der Waals surface area contributed by atoms with E-state index in [0.29, 0.717) is 0 Å². The molecule has 1 heterocycles. The largest absolute Gasteiger partial charge is 0.460 e. The molecule has 2 aromatic carbocycles. The summed E-state index contributed by atoms with van der Waals surface area (Å²) in [7, 11) is 0. The first-order valence-corrected chi connectivity index (χ1v) is 9.01. The molecule has 1 aliphatic rings. The Bertz CT molecular complexity index is 1140. The standard InChI is InChI=1S/C22H16F6O/c1-3-15-17(14-10-6-7-11-16(14)29-15)19-18(13-9-5-4-8-12(13)2)20(23,24)22(27,28)21(19,25)26/h4-11H,3H2,1-2H3. The number of alkyl halides is 6. The van der Waals surface area contributed by atoms with Crippen LogP contribution < -0.4 is 0 Å². The maximum atomic E-state index is 15.0. The number of aryl methyl sites for hydroxylation is 2. The van der Waals surface area contributed by atoms with Crippen molar-refractivity contribution in [2.75, 3.05) is 0 Å². The van der Waals surface area contributed by atoms with Crippen LogP contribution in [-0.4, -0.2) is 17.8 Å². The number of para-hydroxylation sites is 1. The third-order valence-corrected chi connectivity index (χ3v) is 5.32. The molecule has 0 saturated carbocycles. The number of hydrogen-bond donors (Lipinski definition) is 0. The predicted octanol–water partition coefficient (Wildman–Crippen LogP) is 7.13. The van der Waals surface area contributed by atoms with Gasteiger partial charge in [-0.25, -0.2) is 0 Å². The first-order chi connectivity index (χ1) is 13.6. The van der Waals surface area contributed by atoms with Gasteiger partial charge in [-0.1, -0.05) is 49.4 Å². The summed E-state index contributed by atoms with van der Waals surface area (Å²) in [6.07, 6.45) is 0.0712. The van der Waals surface area contributed by atoms with Gasteiger partial charge < -0.3 is 4.42 Å². The Morgan fingerprint density at radius 3 is 2.03 bits per heavy atom. The number of furan rings is 1. The zero-order chi connectivity index (χ0) is 21.2. The molecule has 3 aromatic rings. The maximum Gasteiger partial charge on any atom is 0.380 e. The van der Waals surface area contributed by atoms with Gasteiger partial charge in [0.15, 0.2) is 0 Å². The van der Waals surface area contributed by atoms with Crippen molar-refractivity contribution in [3.8, 4) is 0 Å². The monoisotopic (exact) mass is 410 g/mol. The molecule has 29 heavy (non-hydrogen) atoms. The molecule has 0 fully saturated rings. The van der Waals surface area contributed by atoms with Crippen molar-refractivity contribution in [3.05, 3.63) is 71.0 Å². The highest BCUT2D eigenvalue weighted by molar-refractivity contribution is 6.07. The molecule has 152 valence electrons. The van der Waals surface area contributed by atoms with E-state index in [0.717, 1.165) is 6.07 Å². The van der Waals surface area contributed by atoms with Gasteiger partial charge in [0.25, 0.3) is 0 Å². The van der Waals surface area contributed by atoms with Crippen molar-refractivity contribution in [2.24, 2.45) is 0 Å². The molecule has 1 aliphatic carbocycles. The fourth-order valence-electron chi connectivity index (χ4n) is 3.88. The van der Waals surface area contributed by atoms with Crippen LogP contribution in [0.2, 0.25) is 0 Å². The second-order valence-corrected chi connectivity index (χ2v) is 7.04.